The Balaban J connectivity index is 1.82. The molecule has 1 aliphatic heterocycles. The summed E-state index contributed by atoms with van der Waals surface area (Å²) >= 11 is 0. The highest BCUT2D eigenvalue weighted by molar-refractivity contribution is 5.94. The van der Waals surface area contributed by atoms with E-state index in [2.05, 4.69) is 15.3 Å². The van der Waals surface area contributed by atoms with Crippen molar-refractivity contribution in [3.63, 3.8) is 0 Å². The largest absolute Gasteiger partial charge is 0.379 e. The zero-order valence-electron chi connectivity index (χ0n) is 16.1. The summed E-state index contributed by atoms with van der Waals surface area (Å²) in [6.45, 7) is 5.08. The second kappa shape index (κ2) is 7.28. The van der Waals surface area contributed by atoms with Crippen molar-refractivity contribution in [2.45, 2.75) is 32.9 Å². The third kappa shape index (κ3) is 3.25. The summed E-state index contributed by atoms with van der Waals surface area (Å²) in [5.41, 5.74) is 6.59. The molecule has 152 valence electrons. The van der Waals surface area contributed by atoms with E-state index in [4.69, 9.17) is 10.5 Å². The van der Waals surface area contributed by atoms with Gasteiger partial charge in [-0.15, -0.1) is 0 Å². The minimum absolute atomic E-state index is 0.0335. The van der Waals surface area contributed by atoms with Gasteiger partial charge in [0.05, 0.1) is 30.1 Å². The van der Waals surface area contributed by atoms with E-state index < -0.39 is 11.7 Å². The van der Waals surface area contributed by atoms with E-state index in [1.165, 1.54) is 18.3 Å². The van der Waals surface area contributed by atoms with Crippen LogP contribution in [0.15, 0.2) is 23.1 Å². The Kier molecular flexibility index (Phi) is 4.79. The van der Waals surface area contributed by atoms with Crippen molar-refractivity contribution in [2.24, 2.45) is 5.73 Å². The molecule has 3 N–H and O–H groups in total. The van der Waals surface area contributed by atoms with Crippen LogP contribution in [0.5, 0.6) is 0 Å². The van der Waals surface area contributed by atoms with Crippen molar-refractivity contribution >= 4 is 28.7 Å². The Morgan fingerprint density at radius 1 is 1.45 bits per heavy atom. The highest BCUT2D eigenvalue weighted by atomic mass is 19.1. The molecule has 0 spiro atoms. The Morgan fingerprint density at radius 3 is 2.90 bits per heavy atom. The summed E-state index contributed by atoms with van der Waals surface area (Å²) in [6.07, 6.45) is 2.24. The van der Waals surface area contributed by atoms with Crippen molar-refractivity contribution in [2.75, 3.05) is 18.5 Å². The van der Waals surface area contributed by atoms with Gasteiger partial charge < -0.3 is 15.8 Å². The number of hydrogen-bond donors (Lipinski definition) is 2. The van der Waals surface area contributed by atoms with Gasteiger partial charge in [0.25, 0.3) is 5.91 Å². The average Bonchev–Trinajstić information content (AvgIpc) is 3.29. The predicted octanol–water partition coefficient (Wildman–Crippen LogP) is 1.86. The first-order valence-electron chi connectivity index (χ1n) is 9.33. The molecule has 0 saturated carbocycles. The van der Waals surface area contributed by atoms with Gasteiger partial charge in [0, 0.05) is 13.2 Å². The number of nitrogens with two attached hydrogens (primary N) is 1. The van der Waals surface area contributed by atoms with Crippen molar-refractivity contribution < 1.29 is 13.9 Å². The first kappa shape index (κ1) is 19.1. The molecule has 29 heavy (non-hydrogen) atoms. The molecule has 0 aliphatic carbocycles. The summed E-state index contributed by atoms with van der Waals surface area (Å²) in [4.78, 5) is 33.1. The fraction of sp³-hybridized carbons (Fsp3) is 0.368. The standard InChI is InChI=1S/C19H21FN6O3/c1-3-25-14-8-22-18(23-13-7-10(2)6-12(15(13)20)16(21)27)24-17(14)26(19(25)28)11-4-5-29-9-11/h6-8,11H,3-5,9H2,1-2H3,(H2,21,27)(H,22,23,24)/t11-/m0/s1. The van der Waals surface area contributed by atoms with Crippen LogP contribution in [0, 0.1) is 12.7 Å². The smallest absolute Gasteiger partial charge is 0.330 e. The maximum absolute atomic E-state index is 14.7. The lowest BCUT2D eigenvalue weighted by molar-refractivity contribution is 0.0996. The summed E-state index contributed by atoms with van der Waals surface area (Å²) in [6, 6.07) is 2.80. The lowest BCUT2D eigenvalue weighted by Crippen LogP contribution is -2.27. The molecule has 1 saturated heterocycles. The van der Waals surface area contributed by atoms with Gasteiger partial charge in [-0.3, -0.25) is 13.9 Å². The molecule has 10 heteroatoms. The number of anilines is 2. The molecule has 2 aromatic heterocycles. The van der Waals surface area contributed by atoms with Crippen LogP contribution in [0.3, 0.4) is 0 Å². The average molecular weight is 400 g/mol. The van der Waals surface area contributed by atoms with Crippen LogP contribution in [-0.4, -0.2) is 38.2 Å². The zero-order chi connectivity index (χ0) is 20.7. The van der Waals surface area contributed by atoms with Gasteiger partial charge in [-0.25, -0.2) is 14.2 Å². The van der Waals surface area contributed by atoms with E-state index in [1.54, 1.807) is 16.1 Å². The zero-order valence-corrected chi connectivity index (χ0v) is 16.1. The number of imidazole rings is 1. The third-order valence-corrected chi connectivity index (χ3v) is 5.02. The number of nitrogens with one attached hydrogen (secondary N) is 1. The monoisotopic (exact) mass is 400 g/mol. The minimum atomic E-state index is -0.860. The van der Waals surface area contributed by atoms with Crippen LogP contribution in [0.4, 0.5) is 16.0 Å². The molecule has 3 aromatic rings. The molecular weight excluding hydrogens is 379 g/mol. The van der Waals surface area contributed by atoms with Crippen LogP contribution < -0.4 is 16.7 Å². The van der Waals surface area contributed by atoms with Crippen molar-refractivity contribution in [3.8, 4) is 0 Å². The number of halogens is 1. The van der Waals surface area contributed by atoms with Gasteiger partial charge in [-0.05, 0) is 38.0 Å². The van der Waals surface area contributed by atoms with E-state index in [0.717, 1.165) is 0 Å². The third-order valence-electron chi connectivity index (χ3n) is 5.02. The maximum atomic E-state index is 14.7. The number of nitrogens with zero attached hydrogens (tertiary/aromatic N) is 4. The van der Waals surface area contributed by atoms with Gasteiger partial charge in [0.2, 0.25) is 5.95 Å². The first-order chi connectivity index (χ1) is 13.9. The second-order valence-corrected chi connectivity index (χ2v) is 6.98. The number of carbonyl (C=O) groups excluding carboxylic acids is 1. The number of carbonyl (C=O) groups is 1. The Labute approximate surface area is 165 Å². The number of rotatable bonds is 5. The molecule has 1 fully saturated rings. The number of aromatic nitrogens is 4. The fourth-order valence-electron chi connectivity index (χ4n) is 3.64. The highest BCUT2D eigenvalue weighted by Gasteiger charge is 2.25. The quantitative estimate of drug-likeness (QED) is 0.675. The van der Waals surface area contributed by atoms with Crippen molar-refractivity contribution in [1.29, 1.82) is 0 Å². The lowest BCUT2D eigenvalue weighted by Gasteiger charge is -2.11. The molecule has 0 bridgehead atoms. The summed E-state index contributed by atoms with van der Waals surface area (Å²) in [7, 11) is 0. The van der Waals surface area contributed by atoms with Gasteiger partial charge in [0.1, 0.15) is 5.52 Å². The molecule has 1 aromatic carbocycles. The SMILES string of the molecule is CCn1c(=O)n([C@H]2CCOC2)c2nc(Nc3cc(C)cc(C(N)=O)c3F)ncc21. The summed E-state index contributed by atoms with van der Waals surface area (Å²) in [5.74, 6) is -1.53. The molecule has 0 unspecified atom stereocenters. The molecule has 1 aliphatic rings. The highest BCUT2D eigenvalue weighted by Crippen LogP contribution is 2.26. The number of fused-ring (bicyclic) bond motifs is 1. The molecule has 9 nitrogen and oxygen atoms in total. The number of hydrogen-bond acceptors (Lipinski definition) is 6. The second-order valence-electron chi connectivity index (χ2n) is 6.98. The van der Waals surface area contributed by atoms with E-state index in [-0.39, 0.29) is 28.9 Å². The molecular formula is C19H21FN6O3. The molecule has 4 rings (SSSR count). The molecule has 1 atom stereocenters. The first-order valence-corrected chi connectivity index (χ1v) is 9.33. The number of amides is 1. The van der Waals surface area contributed by atoms with Crippen LogP contribution in [0.25, 0.3) is 11.2 Å². The number of aryl methyl sites for hydroxylation is 2. The van der Waals surface area contributed by atoms with E-state index in [1.807, 2.05) is 6.92 Å². The van der Waals surface area contributed by atoms with Crippen LogP contribution in [0.1, 0.15) is 35.3 Å². The van der Waals surface area contributed by atoms with Crippen molar-refractivity contribution in [1.82, 2.24) is 19.1 Å². The lowest BCUT2D eigenvalue weighted by atomic mass is 10.1. The Bertz CT molecular complexity index is 1160. The number of benzene rings is 1. The van der Waals surface area contributed by atoms with Gasteiger partial charge in [0.15, 0.2) is 11.5 Å². The number of ether oxygens (including phenoxy) is 1. The summed E-state index contributed by atoms with van der Waals surface area (Å²) < 4.78 is 23.3. The van der Waals surface area contributed by atoms with E-state index in [0.29, 0.717) is 42.9 Å². The molecule has 3 heterocycles. The number of primary amides is 1. The minimum Gasteiger partial charge on any atom is -0.379 e. The van der Waals surface area contributed by atoms with Gasteiger partial charge >= 0.3 is 5.69 Å². The van der Waals surface area contributed by atoms with Gasteiger partial charge in [-0.1, -0.05) is 0 Å². The molecule has 0 radical (unpaired) electrons. The van der Waals surface area contributed by atoms with E-state index >= 15 is 0 Å². The Hall–Kier alpha value is -3.27. The predicted molar refractivity (Wildman–Crippen MR) is 105 cm³/mol. The van der Waals surface area contributed by atoms with Crippen LogP contribution in [0.2, 0.25) is 0 Å². The van der Waals surface area contributed by atoms with Crippen molar-refractivity contribution in [3.05, 3.63) is 45.8 Å². The topological polar surface area (TPSA) is 117 Å². The Morgan fingerprint density at radius 2 is 2.24 bits per heavy atom. The van der Waals surface area contributed by atoms with Crippen LogP contribution >= 0.6 is 0 Å². The van der Waals surface area contributed by atoms with Gasteiger partial charge in [-0.2, -0.15) is 4.98 Å². The molecule has 1 amide bonds. The maximum Gasteiger partial charge on any atom is 0.330 e. The normalized spacial score (nSPS) is 16.4. The fourth-order valence-corrected chi connectivity index (χ4v) is 3.64. The van der Waals surface area contributed by atoms with E-state index in [9.17, 15) is 14.0 Å². The summed E-state index contributed by atoms with van der Waals surface area (Å²) in [5, 5.41) is 2.80. The van der Waals surface area contributed by atoms with Crippen LogP contribution in [-0.2, 0) is 11.3 Å².